The number of nitrogens with zero attached hydrogens (tertiary/aromatic N) is 3. The van der Waals surface area contributed by atoms with Crippen LogP contribution in [0.1, 0.15) is 16.7 Å². The summed E-state index contributed by atoms with van der Waals surface area (Å²) < 4.78 is 15.7. The third kappa shape index (κ3) is 5.19. The molecule has 1 aromatic heterocycles. The summed E-state index contributed by atoms with van der Waals surface area (Å²) in [6.07, 6.45) is 1.30. The van der Waals surface area contributed by atoms with Crippen molar-refractivity contribution in [2.75, 3.05) is 5.75 Å². The Labute approximate surface area is 184 Å². The molecular weight excluding hydrogens is 411 g/mol. The minimum Gasteiger partial charge on any atom is -0.314 e. The molecule has 0 saturated heterocycles. The van der Waals surface area contributed by atoms with Crippen LogP contribution in [0.3, 0.4) is 0 Å². The maximum atomic E-state index is 13.6. The van der Waals surface area contributed by atoms with E-state index in [0.29, 0.717) is 12.1 Å². The quantitative estimate of drug-likeness (QED) is 0.260. The Balaban J connectivity index is 1.46. The fourth-order valence-electron chi connectivity index (χ4n) is 3.11. The van der Waals surface area contributed by atoms with E-state index in [1.165, 1.54) is 29.6 Å². The van der Waals surface area contributed by atoms with E-state index in [1.807, 2.05) is 24.3 Å². The molecule has 4 aromatic rings. The van der Waals surface area contributed by atoms with Crippen molar-refractivity contribution in [3.63, 3.8) is 0 Å². The van der Waals surface area contributed by atoms with Crippen LogP contribution in [0.2, 0.25) is 0 Å². The molecule has 31 heavy (non-hydrogen) atoms. The van der Waals surface area contributed by atoms with Crippen LogP contribution in [0.4, 0.5) is 4.39 Å². The number of rotatable bonds is 7. The Bertz CT molecular complexity index is 1230. The van der Waals surface area contributed by atoms with Gasteiger partial charge in [0.2, 0.25) is 0 Å². The maximum Gasteiger partial charge on any atom is 0.250 e. The van der Waals surface area contributed by atoms with Gasteiger partial charge in [0.05, 0.1) is 29.5 Å². The molecule has 0 atom stereocenters. The van der Waals surface area contributed by atoms with Gasteiger partial charge >= 0.3 is 0 Å². The van der Waals surface area contributed by atoms with Crippen molar-refractivity contribution in [2.24, 2.45) is 5.10 Å². The lowest BCUT2D eigenvalue weighted by atomic mass is 10.1. The molecule has 0 radical (unpaired) electrons. The van der Waals surface area contributed by atoms with Crippen molar-refractivity contribution < 1.29 is 9.18 Å². The number of nitrogens with one attached hydrogen (secondary N) is 1. The number of para-hydroxylation sites is 2. The van der Waals surface area contributed by atoms with E-state index in [9.17, 15) is 9.18 Å². The molecule has 1 heterocycles. The molecule has 0 aliphatic rings. The van der Waals surface area contributed by atoms with Gasteiger partial charge in [0, 0.05) is 5.56 Å². The number of hydrogen-bond acceptors (Lipinski definition) is 4. The highest BCUT2D eigenvalue weighted by atomic mass is 32.2. The first-order chi connectivity index (χ1) is 15.1. The van der Waals surface area contributed by atoms with Gasteiger partial charge in [0.15, 0.2) is 5.16 Å². The first-order valence-corrected chi connectivity index (χ1v) is 10.8. The molecule has 1 N–H and O–H groups in total. The van der Waals surface area contributed by atoms with Crippen LogP contribution < -0.4 is 5.43 Å². The molecule has 4 rings (SSSR count). The zero-order valence-electron chi connectivity index (χ0n) is 17.0. The first kappa shape index (κ1) is 20.8. The number of hydrazone groups is 1. The second kappa shape index (κ2) is 9.57. The molecule has 0 fully saturated rings. The highest BCUT2D eigenvalue weighted by Gasteiger charge is 2.13. The van der Waals surface area contributed by atoms with Crippen molar-refractivity contribution in [1.29, 1.82) is 0 Å². The smallest absolute Gasteiger partial charge is 0.250 e. The van der Waals surface area contributed by atoms with E-state index < -0.39 is 0 Å². The molecular formula is C24H21FN4OS. The van der Waals surface area contributed by atoms with Gasteiger partial charge in [0.1, 0.15) is 5.82 Å². The second-order valence-electron chi connectivity index (χ2n) is 7.06. The molecule has 0 aliphatic heterocycles. The summed E-state index contributed by atoms with van der Waals surface area (Å²) in [5, 5.41) is 4.61. The second-order valence-corrected chi connectivity index (χ2v) is 8.00. The van der Waals surface area contributed by atoms with Gasteiger partial charge in [-0.1, -0.05) is 71.9 Å². The van der Waals surface area contributed by atoms with Crippen LogP contribution in [0.15, 0.2) is 83.1 Å². The van der Waals surface area contributed by atoms with Crippen molar-refractivity contribution in [3.8, 4) is 0 Å². The van der Waals surface area contributed by atoms with E-state index in [0.717, 1.165) is 21.8 Å². The molecule has 0 saturated carbocycles. The highest BCUT2D eigenvalue weighted by molar-refractivity contribution is 7.99. The van der Waals surface area contributed by atoms with Gasteiger partial charge in [-0.15, -0.1) is 0 Å². The zero-order valence-corrected chi connectivity index (χ0v) is 17.8. The fourth-order valence-corrected chi connectivity index (χ4v) is 3.91. The van der Waals surface area contributed by atoms with Crippen LogP contribution in [0.25, 0.3) is 11.0 Å². The van der Waals surface area contributed by atoms with Crippen molar-refractivity contribution in [3.05, 3.63) is 95.3 Å². The van der Waals surface area contributed by atoms with Crippen LogP contribution in [0.5, 0.6) is 0 Å². The predicted molar refractivity (Wildman–Crippen MR) is 123 cm³/mol. The Kier molecular flexibility index (Phi) is 6.43. The summed E-state index contributed by atoms with van der Waals surface area (Å²) in [6.45, 7) is 2.72. The third-order valence-corrected chi connectivity index (χ3v) is 5.69. The highest BCUT2D eigenvalue weighted by Crippen LogP contribution is 2.25. The number of aryl methyl sites for hydroxylation is 1. The zero-order chi connectivity index (χ0) is 21.6. The van der Waals surface area contributed by atoms with Crippen LogP contribution in [-0.4, -0.2) is 27.4 Å². The monoisotopic (exact) mass is 432 g/mol. The molecule has 156 valence electrons. The molecule has 5 nitrogen and oxygen atoms in total. The predicted octanol–water partition coefficient (Wildman–Crippen LogP) is 4.77. The molecule has 3 aromatic carbocycles. The largest absolute Gasteiger partial charge is 0.314 e. The number of carbonyl (C=O) groups is 1. The number of fused-ring (bicyclic) bond motifs is 1. The SMILES string of the molecule is Cc1ccc(Cn2c(SCC(=O)NN=Cc3ccccc3F)nc3ccccc32)cc1. The van der Waals surface area contributed by atoms with Crippen molar-refractivity contribution in [2.45, 2.75) is 18.6 Å². The molecule has 1 amide bonds. The standard InChI is InChI=1S/C24H21FN4OS/c1-17-10-12-18(13-11-17)15-29-22-9-5-4-8-21(22)27-24(29)31-16-23(30)28-26-14-19-6-2-3-7-20(19)25/h2-14H,15-16H2,1H3,(H,28,30). The van der Waals surface area contributed by atoms with Crippen molar-refractivity contribution in [1.82, 2.24) is 15.0 Å². The summed E-state index contributed by atoms with van der Waals surface area (Å²) >= 11 is 1.34. The average molecular weight is 433 g/mol. The first-order valence-electron chi connectivity index (χ1n) is 9.80. The van der Waals surface area contributed by atoms with Gasteiger partial charge in [-0.25, -0.2) is 14.8 Å². The van der Waals surface area contributed by atoms with Gasteiger partial charge < -0.3 is 4.57 Å². The lowest BCUT2D eigenvalue weighted by Gasteiger charge is -2.09. The van der Waals surface area contributed by atoms with E-state index in [-0.39, 0.29) is 17.5 Å². The maximum absolute atomic E-state index is 13.6. The molecule has 7 heteroatoms. The van der Waals surface area contributed by atoms with Crippen LogP contribution in [0, 0.1) is 12.7 Å². The topological polar surface area (TPSA) is 59.3 Å². The molecule has 0 unspecified atom stereocenters. The normalized spacial score (nSPS) is 11.3. The number of halogens is 1. The Hall–Kier alpha value is -3.45. The van der Waals surface area contributed by atoms with Gasteiger partial charge in [-0.05, 0) is 30.7 Å². The van der Waals surface area contributed by atoms with E-state index in [2.05, 4.69) is 46.3 Å². The van der Waals surface area contributed by atoms with Crippen molar-refractivity contribution >= 4 is 34.9 Å². The third-order valence-electron chi connectivity index (χ3n) is 4.71. The minimum absolute atomic E-state index is 0.145. The number of benzene rings is 3. The number of aromatic nitrogens is 2. The number of imidazole rings is 1. The lowest BCUT2D eigenvalue weighted by molar-refractivity contribution is -0.118. The lowest BCUT2D eigenvalue weighted by Crippen LogP contribution is -2.20. The van der Waals surface area contributed by atoms with Crippen LogP contribution >= 0.6 is 11.8 Å². The number of carbonyl (C=O) groups excluding carboxylic acids is 1. The van der Waals surface area contributed by atoms with Gasteiger partial charge in [-0.3, -0.25) is 4.79 Å². The van der Waals surface area contributed by atoms with E-state index >= 15 is 0 Å². The average Bonchev–Trinajstić information content (AvgIpc) is 3.12. The summed E-state index contributed by atoms with van der Waals surface area (Å²) in [4.78, 5) is 16.9. The molecule has 0 spiro atoms. The van der Waals surface area contributed by atoms with E-state index in [4.69, 9.17) is 4.98 Å². The Morgan fingerprint density at radius 1 is 1.10 bits per heavy atom. The summed E-state index contributed by atoms with van der Waals surface area (Å²) in [5.41, 5.74) is 7.03. The summed E-state index contributed by atoms with van der Waals surface area (Å²) in [7, 11) is 0. The summed E-state index contributed by atoms with van der Waals surface area (Å²) in [6, 6.07) is 22.5. The Morgan fingerprint density at radius 2 is 1.84 bits per heavy atom. The van der Waals surface area contributed by atoms with Gasteiger partial charge in [-0.2, -0.15) is 5.10 Å². The van der Waals surface area contributed by atoms with E-state index in [1.54, 1.807) is 18.2 Å². The Morgan fingerprint density at radius 3 is 2.65 bits per heavy atom. The van der Waals surface area contributed by atoms with Gasteiger partial charge in [0.25, 0.3) is 5.91 Å². The number of amides is 1. The summed E-state index contributed by atoms with van der Waals surface area (Å²) in [5.74, 6) is -0.530. The van der Waals surface area contributed by atoms with Crippen LogP contribution in [-0.2, 0) is 11.3 Å². The minimum atomic E-state index is -0.389. The fraction of sp³-hybridized carbons (Fsp3) is 0.125. The number of hydrogen-bond donors (Lipinski definition) is 1. The molecule has 0 bridgehead atoms. The molecule has 0 aliphatic carbocycles. The number of thioether (sulfide) groups is 1.